The van der Waals surface area contributed by atoms with Crippen LogP contribution in [0.1, 0.15) is 44.4 Å². The number of ether oxygens (including phenoxy) is 1. The first-order valence-electron chi connectivity index (χ1n) is 5.25. The second-order valence-electron chi connectivity index (χ2n) is 3.51. The summed E-state index contributed by atoms with van der Waals surface area (Å²) in [5.74, 6) is -3.40. The number of esters is 1. The molecule has 0 fully saturated rings. The monoisotopic (exact) mass is 252 g/mol. The van der Waals surface area contributed by atoms with Crippen molar-refractivity contribution in [1.82, 2.24) is 0 Å². The number of carbonyl (C=O) groups is 3. The Morgan fingerprint density at radius 1 is 1.11 bits per heavy atom. The van der Waals surface area contributed by atoms with Gasteiger partial charge in [0.1, 0.15) is 0 Å². The van der Waals surface area contributed by atoms with Crippen LogP contribution in [-0.2, 0) is 4.74 Å². The van der Waals surface area contributed by atoms with Crippen LogP contribution in [0, 0.1) is 0 Å². The molecule has 1 rings (SSSR count). The maximum atomic E-state index is 11.6. The fraction of sp³-hybridized carbons (Fsp3) is 0.250. The van der Waals surface area contributed by atoms with E-state index >= 15 is 0 Å². The number of hydrogen-bond donors (Lipinski definition) is 2. The summed E-state index contributed by atoms with van der Waals surface area (Å²) in [5.41, 5.74) is -0.726. The van der Waals surface area contributed by atoms with Crippen molar-refractivity contribution in [3.63, 3.8) is 0 Å². The maximum Gasteiger partial charge on any atom is 0.339 e. The third-order valence-electron chi connectivity index (χ3n) is 2.15. The molecule has 0 saturated carbocycles. The van der Waals surface area contributed by atoms with Crippen LogP contribution in [0.15, 0.2) is 18.2 Å². The van der Waals surface area contributed by atoms with Gasteiger partial charge in [0.15, 0.2) is 0 Å². The van der Waals surface area contributed by atoms with Crippen molar-refractivity contribution in [3.05, 3.63) is 34.9 Å². The lowest BCUT2D eigenvalue weighted by molar-refractivity contribution is 0.0493. The van der Waals surface area contributed by atoms with Gasteiger partial charge in [0, 0.05) is 0 Å². The quantitative estimate of drug-likeness (QED) is 0.772. The summed E-state index contributed by atoms with van der Waals surface area (Å²) in [6.45, 7) is 1.98. The van der Waals surface area contributed by atoms with Gasteiger partial charge in [-0.25, -0.2) is 14.4 Å². The highest BCUT2D eigenvalue weighted by Crippen LogP contribution is 2.14. The molecule has 0 aliphatic carbocycles. The average Bonchev–Trinajstić information content (AvgIpc) is 2.34. The van der Waals surface area contributed by atoms with Gasteiger partial charge in [-0.3, -0.25) is 0 Å². The summed E-state index contributed by atoms with van der Waals surface area (Å²) in [6, 6.07) is 3.25. The topological polar surface area (TPSA) is 101 Å². The molecule has 0 aliphatic rings. The Bertz CT molecular complexity index is 491. The van der Waals surface area contributed by atoms with Gasteiger partial charge in [0.2, 0.25) is 0 Å². The minimum absolute atomic E-state index is 0.152. The smallest absolute Gasteiger partial charge is 0.339 e. The summed E-state index contributed by atoms with van der Waals surface area (Å²) in [4.78, 5) is 33.3. The second-order valence-corrected chi connectivity index (χ2v) is 3.51. The predicted octanol–water partition coefficient (Wildman–Crippen LogP) is 1.65. The summed E-state index contributed by atoms with van der Waals surface area (Å²) in [7, 11) is 0. The number of carboxylic acid groups (broad SMARTS) is 2. The molecule has 0 unspecified atom stereocenters. The number of rotatable bonds is 5. The fourth-order valence-corrected chi connectivity index (χ4v) is 1.30. The normalized spacial score (nSPS) is 9.83. The molecule has 1 aromatic rings. The number of carboxylic acids is 2. The zero-order valence-corrected chi connectivity index (χ0v) is 9.67. The standard InChI is InChI=1S/C12H12O6/c1-2-5-18-12(17)8-4-3-7(10(13)14)6-9(8)11(15)16/h3-4,6H,2,5H2,1H3,(H,13,14)(H,15,16). The Hall–Kier alpha value is -2.37. The first-order valence-corrected chi connectivity index (χ1v) is 5.25. The van der Waals surface area contributed by atoms with Crippen LogP contribution in [0.3, 0.4) is 0 Å². The van der Waals surface area contributed by atoms with Gasteiger partial charge in [-0.05, 0) is 24.6 Å². The molecule has 2 N–H and O–H groups in total. The molecule has 96 valence electrons. The summed E-state index contributed by atoms with van der Waals surface area (Å²) in [6.07, 6.45) is 0.612. The van der Waals surface area contributed by atoms with E-state index in [0.717, 1.165) is 18.2 Å². The molecule has 0 saturated heterocycles. The van der Waals surface area contributed by atoms with Gasteiger partial charge in [0.25, 0.3) is 0 Å². The molecule has 0 spiro atoms. The van der Waals surface area contributed by atoms with E-state index in [9.17, 15) is 14.4 Å². The van der Waals surface area contributed by atoms with E-state index in [1.54, 1.807) is 6.92 Å². The number of hydrogen-bond acceptors (Lipinski definition) is 4. The third kappa shape index (κ3) is 3.07. The van der Waals surface area contributed by atoms with Gasteiger partial charge in [-0.15, -0.1) is 0 Å². The lowest BCUT2D eigenvalue weighted by atomic mass is 10.0. The summed E-state index contributed by atoms with van der Waals surface area (Å²) < 4.78 is 4.82. The van der Waals surface area contributed by atoms with Crippen molar-refractivity contribution in [2.75, 3.05) is 6.61 Å². The Kier molecular flexibility index (Phi) is 4.42. The van der Waals surface area contributed by atoms with Crippen molar-refractivity contribution in [2.45, 2.75) is 13.3 Å². The molecule has 0 aromatic heterocycles. The zero-order chi connectivity index (χ0) is 13.7. The number of carbonyl (C=O) groups excluding carboxylic acids is 1. The molecule has 0 aliphatic heterocycles. The molecule has 0 atom stereocenters. The molecular weight excluding hydrogens is 240 g/mol. The lowest BCUT2D eigenvalue weighted by Gasteiger charge is -2.07. The van der Waals surface area contributed by atoms with Crippen molar-refractivity contribution in [1.29, 1.82) is 0 Å². The van der Waals surface area contributed by atoms with E-state index < -0.39 is 17.9 Å². The van der Waals surface area contributed by atoms with Crippen molar-refractivity contribution < 1.29 is 29.3 Å². The SMILES string of the molecule is CCCOC(=O)c1ccc(C(=O)O)cc1C(=O)O. The van der Waals surface area contributed by atoms with Crippen LogP contribution in [-0.4, -0.2) is 34.7 Å². The van der Waals surface area contributed by atoms with E-state index in [2.05, 4.69) is 0 Å². The second kappa shape index (κ2) is 5.81. The Balaban J connectivity index is 3.15. The average molecular weight is 252 g/mol. The molecule has 6 heteroatoms. The maximum absolute atomic E-state index is 11.6. The first kappa shape index (κ1) is 13.7. The summed E-state index contributed by atoms with van der Waals surface area (Å²) >= 11 is 0. The molecule has 0 amide bonds. The van der Waals surface area contributed by atoms with E-state index in [4.69, 9.17) is 14.9 Å². The predicted molar refractivity (Wildman–Crippen MR) is 60.9 cm³/mol. The fourth-order valence-electron chi connectivity index (χ4n) is 1.30. The minimum Gasteiger partial charge on any atom is -0.478 e. The Morgan fingerprint density at radius 2 is 1.78 bits per heavy atom. The minimum atomic E-state index is -1.37. The van der Waals surface area contributed by atoms with E-state index in [-0.39, 0.29) is 23.3 Å². The number of aromatic carboxylic acids is 2. The molecule has 0 heterocycles. The first-order chi connectivity index (χ1) is 8.47. The van der Waals surface area contributed by atoms with Crippen LogP contribution in [0.25, 0.3) is 0 Å². The highest BCUT2D eigenvalue weighted by atomic mass is 16.5. The zero-order valence-electron chi connectivity index (χ0n) is 9.67. The van der Waals surface area contributed by atoms with Crippen LogP contribution in [0.5, 0.6) is 0 Å². The van der Waals surface area contributed by atoms with Crippen molar-refractivity contribution >= 4 is 17.9 Å². The van der Waals surface area contributed by atoms with E-state index in [1.165, 1.54) is 0 Å². The molecule has 1 aromatic carbocycles. The molecule has 0 bridgehead atoms. The molecule has 18 heavy (non-hydrogen) atoms. The van der Waals surface area contributed by atoms with Crippen LogP contribution >= 0.6 is 0 Å². The van der Waals surface area contributed by atoms with Crippen molar-refractivity contribution in [3.8, 4) is 0 Å². The summed E-state index contributed by atoms with van der Waals surface area (Å²) in [5, 5.41) is 17.7. The largest absolute Gasteiger partial charge is 0.478 e. The van der Waals surface area contributed by atoms with Crippen LogP contribution in [0.2, 0.25) is 0 Å². The van der Waals surface area contributed by atoms with Crippen molar-refractivity contribution in [2.24, 2.45) is 0 Å². The lowest BCUT2D eigenvalue weighted by Crippen LogP contribution is -2.13. The van der Waals surface area contributed by atoms with Gasteiger partial charge >= 0.3 is 17.9 Å². The highest BCUT2D eigenvalue weighted by Gasteiger charge is 2.19. The third-order valence-corrected chi connectivity index (χ3v) is 2.15. The Morgan fingerprint density at radius 3 is 2.28 bits per heavy atom. The van der Waals surface area contributed by atoms with E-state index in [0.29, 0.717) is 6.42 Å². The molecule has 6 nitrogen and oxygen atoms in total. The van der Waals surface area contributed by atoms with Crippen LogP contribution < -0.4 is 0 Å². The van der Waals surface area contributed by atoms with Gasteiger partial charge in [-0.1, -0.05) is 6.92 Å². The van der Waals surface area contributed by atoms with Gasteiger partial charge in [-0.2, -0.15) is 0 Å². The molecule has 0 radical (unpaired) electrons. The number of benzene rings is 1. The Labute approximate surface area is 103 Å². The van der Waals surface area contributed by atoms with E-state index in [1.807, 2.05) is 0 Å². The highest BCUT2D eigenvalue weighted by molar-refractivity contribution is 6.04. The van der Waals surface area contributed by atoms with Gasteiger partial charge in [0.05, 0.1) is 23.3 Å². The van der Waals surface area contributed by atoms with Gasteiger partial charge < -0.3 is 14.9 Å². The molecular formula is C12H12O6. The van der Waals surface area contributed by atoms with Crippen LogP contribution in [0.4, 0.5) is 0 Å².